The first-order valence-corrected chi connectivity index (χ1v) is 11.3. The van der Waals surface area contributed by atoms with E-state index in [1.165, 1.54) is 0 Å². The summed E-state index contributed by atoms with van der Waals surface area (Å²) in [7, 11) is 3.86. The van der Waals surface area contributed by atoms with Crippen LogP contribution in [0.1, 0.15) is 29.8 Å². The summed E-state index contributed by atoms with van der Waals surface area (Å²) in [6.45, 7) is 2.05. The molecule has 176 valence electrons. The predicted octanol–water partition coefficient (Wildman–Crippen LogP) is 1.61. The Morgan fingerprint density at radius 3 is 2.58 bits per heavy atom. The van der Waals surface area contributed by atoms with Crippen LogP contribution in [0.3, 0.4) is 0 Å². The number of amides is 3. The summed E-state index contributed by atoms with van der Waals surface area (Å²) in [6, 6.07) is 9.00. The van der Waals surface area contributed by atoms with Crippen LogP contribution in [0.25, 0.3) is 11.4 Å². The molecular weight excluding hydrogens is 422 g/mol. The minimum atomic E-state index is -0.217. The number of aliphatic hydroxyl groups is 1. The van der Waals surface area contributed by atoms with E-state index in [-0.39, 0.29) is 30.6 Å². The minimum absolute atomic E-state index is 0.0553. The fourth-order valence-corrected chi connectivity index (χ4v) is 3.82. The van der Waals surface area contributed by atoms with Crippen LogP contribution in [0, 0.1) is 0 Å². The Bertz CT molecular complexity index is 994. The number of likely N-dealkylation sites (tertiary alicyclic amines) is 1. The molecule has 2 aromatic rings. The third-order valence-electron chi connectivity index (χ3n) is 5.91. The highest BCUT2D eigenvalue weighted by Crippen LogP contribution is 2.23. The number of hydrogen-bond acceptors (Lipinski definition) is 7. The highest BCUT2D eigenvalue weighted by atomic mass is 16.3. The fraction of sp³-hybridized carbons (Fsp3) is 0.478. The maximum atomic E-state index is 13.2. The number of nitrogens with zero attached hydrogens (tertiary/aromatic N) is 4. The quantitative estimate of drug-likeness (QED) is 0.479. The van der Waals surface area contributed by atoms with Crippen LogP contribution in [0.2, 0.25) is 0 Å². The van der Waals surface area contributed by atoms with Crippen LogP contribution >= 0.6 is 0 Å². The number of hydrogen-bond donors (Lipinski definition) is 4. The molecular formula is C23H31N7O3. The number of carbonyl (C=O) groups excluding carboxylic acids is 2. The first-order valence-electron chi connectivity index (χ1n) is 11.3. The number of likely N-dealkylation sites (N-methyl/N-ethyl adjacent to an activating group) is 2. The molecule has 0 bridgehead atoms. The molecule has 4 N–H and O–H groups in total. The molecule has 1 saturated carbocycles. The third kappa shape index (κ3) is 5.96. The van der Waals surface area contributed by atoms with Gasteiger partial charge in [-0.25, -0.2) is 14.8 Å². The van der Waals surface area contributed by atoms with Gasteiger partial charge in [0.1, 0.15) is 11.5 Å². The van der Waals surface area contributed by atoms with Gasteiger partial charge in [-0.05, 0) is 57.1 Å². The SMILES string of the molecule is CN1CCC(N(C)C(=O)c2cc(NCCO)nc(-c3ccc(NC(=O)NC4CC4)cc3)n2)C1. The second kappa shape index (κ2) is 10.1. The lowest BCUT2D eigenvalue weighted by atomic mass is 10.1. The molecule has 1 unspecified atom stereocenters. The highest BCUT2D eigenvalue weighted by molar-refractivity contribution is 5.93. The number of aromatic nitrogens is 2. The second-order valence-electron chi connectivity index (χ2n) is 8.68. The van der Waals surface area contributed by atoms with Gasteiger partial charge in [0.15, 0.2) is 5.82 Å². The monoisotopic (exact) mass is 453 g/mol. The number of rotatable bonds is 8. The molecule has 33 heavy (non-hydrogen) atoms. The molecule has 10 nitrogen and oxygen atoms in total. The molecule has 1 aromatic carbocycles. The van der Waals surface area contributed by atoms with Gasteiger partial charge in [-0.3, -0.25) is 4.79 Å². The molecule has 1 atom stereocenters. The van der Waals surface area contributed by atoms with E-state index in [1.807, 2.05) is 26.2 Å². The van der Waals surface area contributed by atoms with Gasteiger partial charge in [-0.2, -0.15) is 0 Å². The maximum Gasteiger partial charge on any atom is 0.319 e. The van der Waals surface area contributed by atoms with Crippen molar-refractivity contribution < 1.29 is 14.7 Å². The van der Waals surface area contributed by atoms with Gasteiger partial charge in [0, 0.05) is 49.5 Å². The molecule has 2 aliphatic rings. The summed E-state index contributed by atoms with van der Waals surface area (Å²) in [6.07, 6.45) is 2.98. The molecule has 1 aliphatic heterocycles. The number of carbonyl (C=O) groups is 2. The van der Waals surface area contributed by atoms with Crippen LogP contribution in [-0.4, -0.2) is 89.2 Å². The lowest BCUT2D eigenvalue weighted by molar-refractivity contribution is 0.0731. The van der Waals surface area contributed by atoms with Crippen molar-refractivity contribution in [1.82, 2.24) is 25.1 Å². The molecule has 10 heteroatoms. The van der Waals surface area contributed by atoms with Crippen molar-refractivity contribution in [3.63, 3.8) is 0 Å². The van der Waals surface area contributed by atoms with Crippen LogP contribution in [0.5, 0.6) is 0 Å². The van der Waals surface area contributed by atoms with Crippen LogP contribution in [0.15, 0.2) is 30.3 Å². The van der Waals surface area contributed by atoms with Crippen molar-refractivity contribution in [2.24, 2.45) is 0 Å². The molecule has 0 spiro atoms. The number of nitrogens with one attached hydrogen (secondary N) is 3. The van der Waals surface area contributed by atoms with E-state index in [1.54, 1.807) is 23.1 Å². The molecule has 2 heterocycles. The lowest BCUT2D eigenvalue weighted by Gasteiger charge is -2.24. The first kappa shape index (κ1) is 22.9. The largest absolute Gasteiger partial charge is 0.395 e. The van der Waals surface area contributed by atoms with Crippen molar-refractivity contribution in [2.75, 3.05) is 51.0 Å². The van der Waals surface area contributed by atoms with Gasteiger partial charge in [-0.1, -0.05) is 0 Å². The molecule has 1 aromatic heterocycles. The van der Waals surface area contributed by atoms with Gasteiger partial charge >= 0.3 is 6.03 Å². The van der Waals surface area contributed by atoms with Gasteiger partial charge in [0.25, 0.3) is 5.91 Å². The van der Waals surface area contributed by atoms with Crippen LogP contribution < -0.4 is 16.0 Å². The molecule has 2 fully saturated rings. The van der Waals surface area contributed by atoms with E-state index < -0.39 is 0 Å². The zero-order valence-electron chi connectivity index (χ0n) is 19.0. The average molecular weight is 454 g/mol. The molecule has 1 aliphatic carbocycles. The van der Waals surface area contributed by atoms with Gasteiger partial charge in [0.05, 0.1) is 6.61 Å². The summed E-state index contributed by atoms with van der Waals surface area (Å²) in [4.78, 5) is 38.2. The first-order chi connectivity index (χ1) is 15.9. The van der Waals surface area contributed by atoms with Gasteiger partial charge in [-0.15, -0.1) is 0 Å². The van der Waals surface area contributed by atoms with Crippen LogP contribution in [-0.2, 0) is 0 Å². The summed E-state index contributed by atoms with van der Waals surface area (Å²) in [5.74, 6) is 0.702. The van der Waals surface area contributed by atoms with E-state index in [0.29, 0.717) is 35.1 Å². The van der Waals surface area contributed by atoms with E-state index in [0.717, 1.165) is 32.4 Å². The minimum Gasteiger partial charge on any atom is -0.395 e. The van der Waals surface area contributed by atoms with Crippen molar-refractivity contribution in [1.29, 1.82) is 0 Å². The highest BCUT2D eigenvalue weighted by Gasteiger charge is 2.28. The van der Waals surface area contributed by atoms with Crippen molar-refractivity contribution in [3.8, 4) is 11.4 Å². The van der Waals surface area contributed by atoms with Gasteiger partial charge in [0.2, 0.25) is 0 Å². The van der Waals surface area contributed by atoms with E-state index in [2.05, 4.69) is 30.8 Å². The summed E-state index contributed by atoms with van der Waals surface area (Å²) >= 11 is 0. The lowest BCUT2D eigenvalue weighted by Crippen LogP contribution is -2.39. The standard InChI is InChI=1S/C23H31N7O3/c1-29-11-9-18(14-29)30(2)22(32)19-13-20(24-10-12-31)28-21(27-19)15-3-5-16(6-4-15)25-23(33)26-17-7-8-17/h3-6,13,17-18,31H,7-12,14H2,1-2H3,(H,24,27,28)(H2,25,26,33). The van der Waals surface area contributed by atoms with Crippen molar-refractivity contribution in [3.05, 3.63) is 36.0 Å². The number of urea groups is 1. The molecule has 0 radical (unpaired) electrons. The number of aliphatic hydroxyl groups excluding tert-OH is 1. The van der Waals surface area contributed by atoms with E-state index in [9.17, 15) is 14.7 Å². The Morgan fingerprint density at radius 2 is 1.94 bits per heavy atom. The topological polar surface area (TPSA) is 123 Å². The smallest absolute Gasteiger partial charge is 0.319 e. The molecule has 1 saturated heterocycles. The molecule has 3 amide bonds. The van der Waals surface area contributed by atoms with Crippen LogP contribution in [0.4, 0.5) is 16.3 Å². The van der Waals surface area contributed by atoms with E-state index in [4.69, 9.17) is 0 Å². The zero-order chi connectivity index (χ0) is 23.4. The Balaban J connectivity index is 1.53. The Kier molecular flexibility index (Phi) is 7.05. The third-order valence-corrected chi connectivity index (χ3v) is 5.91. The Labute approximate surface area is 193 Å². The Hall–Kier alpha value is -3.24. The average Bonchev–Trinajstić information content (AvgIpc) is 3.52. The normalized spacial score (nSPS) is 18.1. The van der Waals surface area contributed by atoms with Crippen molar-refractivity contribution >= 4 is 23.4 Å². The Morgan fingerprint density at radius 1 is 1.18 bits per heavy atom. The predicted molar refractivity (Wildman–Crippen MR) is 126 cm³/mol. The maximum absolute atomic E-state index is 13.2. The second-order valence-corrected chi connectivity index (χ2v) is 8.68. The summed E-state index contributed by atoms with van der Waals surface area (Å²) in [5.41, 5.74) is 1.67. The van der Waals surface area contributed by atoms with Crippen molar-refractivity contribution in [2.45, 2.75) is 31.3 Å². The molecule has 4 rings (SSSR count). The summed E-state index contributed by atoms with van der Waals surface area (Å²) < 4.78 is 0. The number of benzene rings is 1. The zero-order valence-corrected chi connectivity index (χ0v) is 19.0. The van der Waals surface area contributed by atoms with E-state index >= 15 is 0 Å². The number of anilines is 2. The summed E-state index contributed by atoms with van der Waals surface area (Å²) in [5, 5.41) is 17.9. The fourth-order valence-electron chi connectivity index (χ4n) is 3.82. The van der Waals surface area contributed by atoms with Gasteiger partial charge < -0.3 is 30.9 Å².